The molecule has 0 fully saturated rings. The zero-order valence-corrected chi connectivity index (χ0v) is 15.8. The second-order valence-corrected chi connectivity index (χ2v) is 7.48. The van der Waals surface area contributed by atoms with E-state index in [0.29, 0.717) is 23.4 Å². The van der Waals surface area contributed by atoms with E-state index in [0.717, 1.165) is 28.6 Å². The first-order valence-corrected chi connectivity index (χ1v) is 9.56. The lowest BCUT2D eigenvalue weighted by atomic mass is 9.86. The van der Waals surface area contributed by atoms with Gasteiger partial charge in [0.05, 0.1) is 29.0 Å². The van der Waals surface area contributed by atoms with Crippen molar-refractivity contribution in [2.75, 3.05) is 0 Å². The molecule has 0 saturated carbocycles. The van der Waals surface area contributed by atoms with E-state index >= 15 is 0 Å². The van der Waals surface area contributed by atoms with Crippen LogP contribution in [0.25, 0.3) is 22.3 Å². The number of rotatable bonds is 2. The van der Waals surface area contributed by atoms with Gasteiger partial charge in [-0.1, -0.05) is 26.0 Å². The maximum absolute atomic E-state index is 13.1. The van der Waals surface area contributed by atoms with Gasteiger partial charge in [0.1, 0.15) is 6.61 Å². The van der Waals surface area contributed by atoms with Crippen LogP contribution in [-0.2, 0) is 34.7 Å². The van der Waals surface area contributed by atoms with E-state index in [2.05, 4.69) is 31.2 Å². The lowest BCUT2D eigenvalue weighted by Gasteiger charge is -2.31. The summed E-state index contributed by atoms with van der Waals surface area (Å²) in [6, 6.07) is 10.0. The van der Waals surface area contributed by atoms with Gasteiger partial charge in [-0.3, -0.25) is 4.79 Å². The number of pyridine rings is 2. The number of cyclic esters (lactones) is 1. The number of carbonyl (C=O) groups excluding carboxylic acids is 1. The van der Waals surface area contributed by atoms with Crippen LogP contribution in [0.1, 0.15) is 42.5 Å². The molecule has 2 aliphatic rings. The van der Waals surface area contributed by atoms with Gasteiger partial charge in [-0.25, -0.2) is 9.78 Å². The van der Waals surface area contributed by atoms with Gasteiger partial charge in [0.2, 0.25) is 0 Å². The number of aliphatic hydroxyl groups is 1. The molecule has 0 spiro atoms. The molecule has 1 aromatic carbocycles. The molecule has 1 N–H and O–H groups in total. The van der Waals surface area contributed by atoms with Crippen LogP contribution in [0.4, 0.5) is 0 Å². The Morgan fingerprint density at radius 3 is 2.79 bits per heavy atom. The summed E-state index contributed by atoms with van der Waals surface area (Å²) in [6.07, 6.45) is 1.06. The van der Waals surface area contributed by atoms with Crippen molar-refractivity contribution in [3.63, 3.8) is 0 Å². The van der Waals surface area contributed by atoms with Crippen molar-refractivity contribution < 1.29 is 14.6 Å². The first kappa shape index (κ1) is 17.1. The van der Waals surface area contributed by atoms with Crippen molar-refractivity contribution in [2.45, 2.75) is 45.4 Å². The Labute approximate surface area is 161 Å². The van der Waals surface area contributed by atoms with E-state index in [1.165, 1.54) is 5.56 Å². The Morgan fingerprint density at radius 2 is 2.04 bits per heavy atom. The minimum absolute atomic E-state index is 0.110. The normalized spacial score (nSPS) is 19.9. The average molecular weight is 376 g/mol. The van der Waals surface area contributed by atoms with E-state index in [4.69, 9.17) is 9.72 Å². The second-order valence-electron chi connectivity index (χ2n) is 7.48. The number of aryl methyl sites for hydroxylation is 1. The predicted octanol–water partition coefficient (Wildman–Crippen LogP) is 2.64. The highest BCUT2D eigenvalue weighted by molar-refractivity contribution is 5.86. The van der Waals surface area contributed by atoms with Gasteiger partial charge >= 0.3 is 5.97 Å². The van der Waals surface area contributed by atoms with Gasteiger partial charge in [-0.2, -0.15) is 0 Å². The van der Waals surface area contributed by atoms with Gasteiger partial charge < -0.3 is 14.4 Å². The van der Waals surface area contributed by atoms with E-state index in [1.807, 2.05) is 0 Å². The molecule has 6 nitrogen and oxygen atoms in total. The van der Waals surface area contributed by atoms with Crippen LogP contribution in [0, 0.1) is 0 Å². The van der Waals surface area contributed by atoms with Gasteiger partial charge in [-0.05, 0) is 36.6 Å². The van der Waals surface area contributed by atoms with Crippen LogP contribution in [0.2, 0.25) is 0 Å². The number of carbonyl (C=O) groups is 1. The number of esters is 1. The van der Waals surface area contributed by atoms with Crippen molar-refractivity contribution in [3.05, 3.63) is 62.9 Å². The number of nitrogens with zero attached hydrogens (tertiary/aromatic N) is 2. The monoisotopic (exact) mass is 376 g/mol. The number of ether oxygens (including phenoxy) is 1. The molecule has 0 amide bonds. The molecule has 6 heteroatoms. The van der Waals surface area contributed by atoms with E-state index in [9.17, 15) is 14.7 Å². The third kappa shape index (κ3) is 2.15. The molecule has 0 aliphatic carbocycles. The fourth-order valence-corrected chi connectivity index (χ4v) is 4.24. The summed E-state index contributed by atoms with van der Waals surface area (Å²) in [7, 11) is 0. The summed E-state index contributed by atoms with van der Waals surface area (Å²) < 4.78 is 6.76. The van der Waals surface area contributed by atoms with Crippen LogP contribution in [0.15, 0.2) is 35.1 Å². The first-order chi connectivity index (χ1) is 13.5. The maximum atomic E-state index is 13.1. The minimum Gasteiger partial charge on any atom is -0.458 e. The highest BCUT2D eigenvalue weighted by Gasteiger charge is 2.45. The fraction of sp³-hybridized carbons (Fsp3) is 0.318. The third-order valence-corrected chi connectivity index (χ3v) is 5.98. The minimum atomic E-state index is -1.79. The lowest BCUT2D eigenvalue weighted by Crippen LogP contribution is -2.44. The standard InChI is InChI=1S/C22H20N2O4/c1-3-12-5-6-13-8-14-10-24-18(19(14)23-17(13)7-12)9-16-15(20(24)25)11-28-21(26)22(16,27)4-2/h5-9,27H,3-4,10-11H2,1-2H3. The van der Waals surface area contributed by atoms with Crippen molar-refractivity contribution in [3.8, 4) is 11.4 Å². The summed E-state index contributed by atoms with van der Waals surface area (Å²) in [5, 5.41) is 11.9. The fourth-order valence-electron chi connectivity index (χ4n) is 4.24. The van der Waals surface area contributed by atoms with Gasteiger partial charge in [0, 0.05) is 16.5 Å². The summed E-state index contributed by atoms with van der Waals surface area (Å²) in [6.45, 7) is 4.11. The van der Waals surface area contributed by atoms with Crippen molar-refractivity contribution in [1.82, 2.24) is 9.55 Å². The topological polar surface area (TPSA) is 81.4 Å². The first-order valence-electron chi connectivity index (χ1n) is 9.56. The number of aromatic nitrogens is 2. The zero-order chi connectivity index (χ0) is 19.6. The number of benzene rings is 1. The molecule has 2 aliphatic heterocycles. The molecule has 2 aromatic heterocycles. The Balaban J connectivity index is 1.78. The van der Waals surface area contributed by atoms with Crippen molar-refractivity contribution in [2.24, 2.45) is 0 Å². The van der Waals surface area contributed by atoms with Crippen molar-refractivity contribution >= 4 is 16.9 Å². The molecule has 28 heavy (non-hydrogen) atoms. The van der Waals surface area contributed by atoms with E-state index in [-0.39, 0.29) is 18.6 Å². The van der Waals surface area contributed by atoms with Crippen LogP contribution in [0.3, 0.4) is 0 Å². The Kier molecular flexibility index (Phi) is 3.52. The summed E-state index contributed by atoms with van der Waals surface area (Å²) >= 11 is 0. The smallest absolute Gasteiger partial charge is 0.343 e. The zero-order valence-electron chi connectivity index (χ0n) is 15.8. The third-order valence-electron chi connectivity index (χ3n) is 5.98. The molecule has 4 heterocycles. The lowest BCUT2D eigenvalue weighted by molar-refractivity contribution is -0.172. The average Bonchev–Trinajstić information content (AvgIpc) is 3.07. The molecule has 0 radical (unpaired) electrons. The van der Waals surface area contributed by atoms with Crippen LogP contribution >= 0.6 is 0 Å². The van der Waals surface area contributed by atoms with Crippen LogP contribution in [0.5, 0.6) is 0 Å². The highest BCUT2D eigenvalue weighted by Crippen LogP contribution is 2.38. The van der Waals surface area contributed by atoms with Gasteiger partial charge in [0.15, 0.2) is 5.60 Å². The molecule has 1 unspecified atom stereocenters. The summed E-state index contributed by atoms with van der Waals surface area (Å²) in [4.78, 5) is 30.2. The second kappa shape index (κ2) is 5.75. The number of hydrogen-bond donors (Lipinski definition) is 1. The molecule has 0 bridgehead atoms. The number of fused-ring (bicyclic) bond motifs is 5. The molecule has 0 saturated heterocycles. The molecular weight excluding hydrogens is 356 g/mol. The van der Waals surface area contributed by atoms with Crippen molar-refractivity contribution in [1.29, 1.82) is 0 Å². The van der Waals surface area contributed by atoms with Gasteiger partial charge in [-0.15, -0.1) is 0 Å². The molecule has 3 aromatic rings. The molecule has 142 valence electrons. The van der Waals surface area contributed by atoms with E-state index in [1.54, 1.807) is 17.6 Å². The number of hydrogen-bond acceptors (Lipinski definition) is 5. The van der Waals surface area contributed by atoms with Crippen LogP contribution < -0.4 is 5.56 Å². The molecule has 1 atom stereocenters. The largest absolute Gasteiger partial charge is 0.458 e. The quantitative estimate of drug-likeness (QED) is 0.544. The Bertz CT molecular complexity index is 1230. The molecular formula is C22H20N2O4. The van der Waals surface area contributed by atoms with Gasteiger partial charge in [0.25, 0.3) is 5.56 Å². The Morgan fingerprint density at radius 1 is 1.21 bits per heavy atom. The van der Waals surface area contributed by atoms with E-state index < -0.39 is 11.6 Å². The molecule has 5 rings (SSSR count). The SMILES string of the molecule is CCc1ccc2cc3c(nc2c1)-c1cc2c(c(=O)n1C3)COC(=O)C2(O)CC. The maximum Gasteiger partial charge on any atom is 0.343 e. The Hall–Kier alpha value is -2.99. The van der Waals surface area contributed by atoms with Crippen LogP contribution in [-0.4, -0.2) is 20.6 Å². The predicted molar refractivity (Wildman–Crippen MR) is 104 cm³/mol. The summed E-state index contributed by atoms with van der Waals surface area (Å²) in [5.74, 6) is -0.705. The summed E-state index contributed by atoms with van der Waals surface area (Å²) in [5.41, 5.74) is 3.08. The highest BCUT2D eigenvalue weighted by atomic mass is 16.6.